The molecule has 148 valence electrons. The molecule has 0 aromatic carbocycles. The summed E-state index contributed by atoms with van der Waals surface area (Å²) in [5.74, 6) is 2.05. The Morgan fingerprint density at radius 3 is 2.19 bits per heavy atom. The van der Waals surface area contributed by atoms with E-state index in [-0.39, 0.29) is 23.1 Å². The Bertz CT molecular complexity index is 694. The number of amides is 2. The lowest BCUT2D eigenvalue weighted by atomic mass is 9.49. The molecule has 6 nitrogen and oxygen atoms in total. The van der Waals surface area contributed by atoms with Crippen LogP contribution >= 0.6 is 11.3 Å². The first-order valence-electron chi connectivity index (χ1n) is 10.3. The summed E-state index contributed by atoms with van der Waals surface area (Å²) in [5.41, 5.74) is -0.236. The number of nitrogens with zero attached hydrogens (tertiary/aromatic N) is 2. The van der Waals surface area contributed by atoms with Crippen LogP contribution < -0.4 is 10.6 Å². The summed E-state index contributed by atoms with van der Waals surface area (Å²) in [5, 5.41) is 15.4. The number of rotatable bonds is 6. The minimum atomic E-state index is -0.542. The van der Waals surface area contributed by atoms with E-state index < -0.39 is 6.04 Å². The van der Waals surface area contributed by atoms with Crippen LogP contribution in [0.3, 0.4) is 0 Å². The van der Waals surface area contributed by atoms with Crippen molar-refractivity contribution in [2.45, 2.75) is 71.8 Å². The second-order valence-electron chi connectivity index (χ2n) is 9.24. The molecule has 2 N–H and O–H groups in total. The average molecular weight is 391 g/mol. The number of hydrogen-bond donors (Lipinski definition) is 2. The van der Waals surface area contributed by atoms with Gasteiger partial charge in [0.2, 0.25) is 16.9 Å². The lowest BCUT2D eigenvalue weighted by molar-refractivity contribution is -0.148. The van der Waals surface area contributed by atoms with Gasteiger partial charge in [-0.05, 0) is 68.6 Å². The predicted octanol–water partition coefficient (Wildman–Crippen LogP) is 3.40. The van der Waals surface area contributed by atoms with Gasteiger partial charge in [-0.2, -0.15) is 0 Å². The first kappa shape index (κ1) is 18.8. The quantitative estimate of drug-likeness (QED) is 0.780. The zero-order valence-electron chi connectivity index (χ0n) is 16.5. The third-order valence-electron chi connectivity index (χ3n) is 6.76. The molecule has 4 bridgehead atoms. The van der Waals surface area contributed by atoms with Gasteiger partial charge in [-0.15, -0.1) is 10.2 Å². The lowest BCUT2D eigenvalue weighted by Crippen LogP contribution is -2.57. The van der Waals surface area contributed by atoms with E-state index in [1.165, 1.54) is 30.6 Å². The molecule has 1 aromatic rings. The van der Waals surface area contributed by atoms with Crippen molar-refractivity contribution in [3.8, 4) is 0 Å². The predicted molar refractivity (Wildman–Crippen MR) is 105 cm³/mol. The summed E-state index contributed by atoms with van der Waals surface area (Å²) in [4.78, 5) is 26.1. The Morgan fingerprint density at radius 2 is 1.70 bits per heavy atom. The van der Waals surface area contributed by atoms with Gasteiger partial charge in [0.1, 0.15) is 11.0 Å². The topological polar surface area (TPSA) is 84.0 Å². The van der Waals surface area contributed by atoms with Crippen molar-refractivity contribution in [3.05, 3.63) is 5.01 Å². The van der Waals surface area contributed by atoms with E-state index in [0.29, 0.717) is 22.9 Å². The first-order valence-corrected chi connectivity index (χ1v) is 11.1. The van der Waals surface area contributed by atoms with Crippen molar-refractivity contribution in [1.29, 1.82) is 0 Å². The molecule has 4 saturated carbocycles. The molecule has 27 heavy (non-hydrogen) atoms. The number of aryl methyl sites for hydroxylation is 1. The summed E-state index contributed by atoms with van der Waals surface area (Å²) in [7, 11) is 0. The highest BCUT2D eigenvalue weighted by Gasteiger charge is 2.55. The Kier molecular flexibility index (Phi) is 4.99. The third kappa shape index (κ3) is 3.62. The number of hydrogen-bond acceptors (Lipinski definition) is 5. The zero-order valence-corrected chi connectivity index (χ0v) is 17.3. The standard InChI is InChI=1S/C20H30N4O2S/c1-4-15-23-24-19(27-15)22-17(25)16(11(2)3)21-18(26)20-8-12-5-13(9-20)7-14(6-12)10-20/h11-14,16H,4-10H2,1-3H3,(H,21,26)(H,22,24,25)/t12?,13?,14?,16-,20?/m0/s1. The fourth-order valence-corrected chi connectivity index (χ4v) is 6.53. The van der Waals surface area contributed by atoms with Crippen LogP contribution in [0.25, 0.3) is 0 Å². The maximum absolute atomic E-state index is 13.3. The molecule has 1 aromatic heterocycles. The number of aromatic nitrogens is 2. The van der Waals surface area contributed by atoms with Crippen LogP contribution in [0.15, 0.2) is 0 Å². The Balaban J connectivity index is 1.45. The van der Waals surface area contributed by atoms with Crippen molar-refractivity contribution in [2.24, 2.45) is 29.1 Å². The largest absolute Gasteiger partial charge is 0.344 e. The van der Waals surface area contributed by atoms with Gasteiger partial charge in [-0.3, -0.25) is 14.9 Å². The maximum Gasteiger partial charge on any atom is 0.249 e. The Hall–Kier alpha value is -1.50. The number of carbonyl (C=O) groups is 2. The minimum absolute atomic E-state index is 0.0152. The summed E-state index contributed by atoms with van der Waals surface area (Å²) in [6.45, 7) is 5.96. The monoisotopic (exact) mass is 390 g/mol. The minimum Gasteiger partial charge on any atom is -0.344 e. The molecular weight excluding hydrogens is 360 g/mol. The molecule has 4 aliphatic carbocycles. The second-order valence-corrected chi connectivity index (χ2v) is 10.3. The molecule has 0 unspecified atom stereocenters. The fraction of sp³-hybridized carbons (Fsp3) is 0.800. The summed E-state index contributed by atoms with van der Waals surface area (Å²) < 4.78 is 0. The van der Waals surface area contributed by atoms with Gasteiger partial charge < -0.3 is 5.32 Å². The Labute approximate surface area is 164 Å². The highest BCUT2D eigenvalue weighted by Crippen LogP contribution is 2.60. The van der Waals surface area contributed by atoms with Gasteiger partial charge in [-0.25, -0.2) is 0 Å². The Morgan fingerprint density at radius 1 is 1.11 bits per heavy atom. The highest BCUT2D eigenvalue weighted by atomic mass is 32.1. The van der Waals surface area contributed by atoms with Crippen LogP contribution in [0.2, 0.25) is 0 Å². The van der Waals surface area contributed by atoms with E-state index in [9.17, 15) is 9.59 Å². The molecule has 2 amide bonds. The third-order valence-corrected chi connectivity index (χ3v) is 7.74. The van der Waals surface area contributed by atoms with E-state index in [2.05, 4.69) is 20.8 Å². The van der Waals surface area contributed by atoms with Crippen molar-refractivity contribution >= 4 is 28.3 Å². The normalized spacial score (nSPS) is 32.5. The van der Waals surface area contributed by atoms with Crippen LogP contribution in [0.4, 0.5) is 5.13 Å². The molecule has 4 fully saturated rings. The molecule has 1 heterocycles. The van der Waals surface area contributed by atoms with Crippen LogP contribution in [0.1, 0.15) is 64.3 Å². The van der Waals surface area contributed by atoms with Crippen LogP contribution in [0, 0.1) is 29.1 Å². The van der Waals surface area contributed by atoms with E-state index in [1.807, 2.05) is 20.8 Å². The molecule has 7 heteroatoms. The van der Waals surface area contributed by atoms with Crippen molar-refractivity contribution < 1.29 is 9.59 Å². The summed E-state index contributed by atoms with van der Waals surface area (Å²) >= 11 is 1.39. The van der Waals surface area contributed by atoms with E-state index in [1.54, 1.807) is 0 Å². The smallest absolute Gasteiger partial charge is 0.249 e. The van der Waals surface area contributed by atoms with Crippen molar-refractivity contribution in [3.63, 3.8) is 0 Å². The molecule has 0 saturated heterocycles. The molecule has 5 rings (SSSR count). The number of nitrogens with one attached hydrogen (secondary N) is 2. The summed E-state index contributed by atoms with van der Waals surface area (Å²) in [6.07, 6.45) is 7.73. The van der Waals surface area contributed by atoms with Crippen LogP contribution in [0.5, 0.6) is 0 Å². The maximum atomic E-state index is 13.3. The fourth-order valence-electron chi connectivity index (χ4n) is 5.85. The zero-order chi connectivity index (χ0) is 19.2. The average Bonchev–Trinajstić information content (AvgIpc) is 3.05. The van der Waals surface area contributed by atoms with E-state index >= 15 is 0 Å². The molecule has 1 atom stereocenters. The van der Waals surface area contributed by atoms with Crippen molar-refractivity contribution in [1.82, 2.24) is 15.5 Å². The second kappa shape index (κ2) is 7.15. The SMILES string of the molecule is CCc1nnc(NC(=O)[C@@H](NC(=O)C23CC4CC(CC(C4)C2)C3)C(C)C)s1. The van der Waals surface area contributed by atoms with Gasteiger partial charge in [-0.1, -0.05) is 32.1 Å². The highest BCUT2D eigenvalue weighted by molar-refractivity contribution is 7.15. The molecule has 0 aliphatic heterocycles. The number of anilines is 1. The molecule has 0 radical (unpaired) electrons. The van der Waals surface area contributed by atoms with Gasteiger partial charge in [0.05, 0.1) is 0 Å². The van der Waals surface area contributed by atoms with Gasteiger partial charge in [0.15, 0.2) is 0 Å². The first-order chi connectivity index (χ1) is 12.9. The lowest BCUT2D eigenvalue weighted by Gasteiger charge is -2.55. The van der Waals surface area contributed by atoms with Crippen LogP contribution in [-0.4, -0.2) is 28.1 Å². The van der Waals surface area contributed by atoms with Gasteiger partial charge in [0.25, 0.3) is 0 Å². The van der Waals surface area contributed by atoms with Crippen LogP contribution in [-0.2, 0) is 16.0 Å². The van der Waals surface area contributed by atoms with E-state index in [4.69, 9.17) is 0 Å². The summed E-state index contributed by atoms with van der Waals surface area (Å²) in [6, 6.07) is -0.542. The van der Waals surface area contributed by atoms with Gasteiger partial charge >= 0.3 is 0 Å². The molecular formula is C20H30N4O2S. The van der Waals surface area contributed by atoms with E-state index in [0.717, 1.165) is 30.7 Å². The van der Waals surface area contributed by atoms with Gasteiger partial charge in [0, 0.05) is 5.41 Å². The molecule has 4 aliphatic rings. The molecule has 0 spiro atoms. The van der Waals surface area contributed by atoms with Crippen molar-refractivity contribution in [2.75, 3.05) is 5.32 Å². The number of carbonyl (C=O) groups excluding carboxylic acids is 2.